The van der Waals surface area contributed by atoms with Gasteiger partial charge in [-0.2, -0.15) is 0 Å². The minimum atomic E-state index is 0.629. The highest BCUT2D eigenvalue weighted by Gasteiger charge is 2.11. The van der Waals surface area contributed by atoms with E-state index in [1.165, 1.54) is 17.3 Å². The normalized spacial score (nSPS) is 14.1. The van der Waals surface area contributed by atoms with E-state index in [-0.39, 0.29) is 0 Å². The van der Waals surface area contributed by atoms with Gasteiger partial charge in [-0.15, -0.1) is 8.58 Å². The molecule has 17 heavy (non-hydrogen) atoms. The Morgan fingerprint density at radius 1 is 0.824 bits per heavy atom. The molecule has 0 saturated heterocycles. The van der Waals surface area contributed by atoms with Crippen LogP contribution in [-0.2, 0) is 0 Å². The van der Waals surface area contributed by atoms with E-state index in [1.54, 1.807) is 5.56 Å². The first kappa shape index (κ1) is 14.7. The van der Waals surface area contributed by atoms with E-state index < -0.39 is 0 Å². The van der Waals surface area contributed by atoms with Crippen LogP contribution in [0, 0.1) is 0 Å². The summed E-state index contributed by atoms with van der Waals surface area (Å²) in [6.07, 6.45) is 1.30. The zero-order valence-corrected chi connectivity index (χ0v) is 13.2. The lowest BCUT2D eigenvalue weighted by atomic mass is 9.92. The fraction of sp³-hybridized carbons (Fsp3) is 0.625. The highest BCUT2D eigenvalue weighted by Crippen LogP contribution is 2.36. The van der Waals surface area contributed by atoms with Crippen molar-refractivity contribution in [2.75, 3.05) is 6.16 Å². The maximum Gasteiger partial charge on any atom is -0.00141 e. The predicted octanol–water partition coefficient (Wildman–Crippen LogP) is 5.69. The summed E-state index contributed by atoms with van der Waals surface area (Å²) in [6, 6.07) is 7.23. The third-order valence-corrected chi connectivity index (χ3v) is 4.70. The van der Waals surface area contributed by atoms with E-state index in [4.69, 9.17) is 0 Å². The molecule has 0 aliphatic carbocycles. The molecular weight excluding hydrogens is 223 g/mol. The van der Waals surface area contributed by atoms with Crippen molar-refractivity contribution in [2.45, 2.75) is 59.0 Å². The second-order valence-electron chi connectivity index (χ2n) is 5.52. The summed E-state index contributed by atoms with van der Waals surface area (Å²) in [5.41, 5.74) is 5.26. The van der Waals surface area contributed by atoms with Crippen LogP contribution in [0.25, 0.3) is 0 Å². The standard InChI is InChI=1S/C16H27P/c1-7-17-13(6)16-9-14(11(2)3)8-15(10-16)12(4)5/h8-13,17H,7H2,1-6H3. The van der Waals surface area contributed by atoms with Gasteiger partial charge in [-0.05, 0) is 40.3 Å². The molecule has 0 amide bonds. The molecule has 0 aliphatic rings. The number of hydrogen-bond acceptors (Lipinski definition) is 0. The highest BCUT2D eigenvalue weighted by atomic mass is 31.1. The van der Waals surface area contributed by atoms with Crippen LogP contribution in [-0.4, -0.2) is 6.16 Å². The molecule has 2 atom stereocenters. The summed E-state index contributed by atoms with van der Waals surface area (Å²) in [5, 5.41) is 0. The molecule has 0 saturated carbocycles. The lowest BCUT2D eigenvalue weighted by Crippen LogP contribution is -1.98. The third kappa shape index (κ3) is 4.11. The SMILES string of the molecule is CCPC(C)c1cc(C(C)C)cc(C(C)C)c1. The van der Waals surface area contributed by atoms with Crippen LogP contribution in [0.4, 0.5) is 0 Å². The number of rotatable bonds is 5. The van der Waals surface area contributed by atoms with E-state index in [2.05, 4.69) is 59.7 Å². The minimum absolute atomic E-state index is 0.629. The fourth-order valence-electron chi connectivity index (χ4n) is 2.04. The Morgan fingerprint density at radius 2 is 1.24 bits per heavy atom. The van der Waals surface area contributed by atoms with Gasteiger partial charge in [0.2, 0.25) is 0 Å². The largest absolute Gasteiger partial charge is 0.115 e. The van der Waals surface area contributed by atoms with Gasteiger partial charge in [0.15, 0.2) is 0 Å². The molecule has 0 spiro atoms. The highest BCUT2D eigenvalue weighted by molar-refractivity contribution is 7.38. The summed E-state index contributed by atoms with van der Waals surface area (Å²) in [6.45, 7) is 13.8. The zero-order chi connectivity index (χ0) is 13.0. The van der Waals surface area contributed by atoms with Crippen molar-refractivity contribution >= 4 is 8.58 Å². The van der Waals surface area contributed by atoms with Crippen molar-refractivity contribution in [3.8, 4) is 0 Å². The fourth-order valence-corrected chi connectivity index (χ4v) is 3.06. The quantitative estimate of drug-likeness (QED) is 0.589. The molecule has 0 aromatic heterocycles. The Hall–Kier alpha value is -0.350. The van der Waals surface area contributed by atoms with Crippen molar-refractivity contribution in [2.24, 2.45) is 0 Å². The molecule has 0 N–H and O–H groups in total. The smallest absolute Gasteiger partial charge is 0.00141 e. The molecule has 0 fully saturated rings. The van der Waals surface area contributed by atoms with Crippen molar-refractivity contribution in [3.63, 3.8) is 0 Å². The lowest BCUT2D eigenvalue weighted by molar-refractivity contribution is 0.826. The molecule has 0 heterocycles. The Morgan fingerprint density at radius 3 is 1.59 bits per heavy atom. The van der Waals surface area contributed by atoms with E-state index in [0.717, 1.165) is 14.2 Å². The topological polar surface area (TPSA) is 0 Å². The Kier molecular flexibility index (Phi) is 5.67. The summed E-state index contributed by atoms with van der Waals surface area (Å²) in [7, 11) is 1.05. The average molecular weight is 250 g/mol. The molecule has 0 bridgehead atoms. The summed E-state index contributed by atoms with van der Waals surface area (Å²) in [4.78, 5) is 0. The van der Waals surface area contributed by atoms with Gasteiger partial charge < -0.3 is 0 Å². The second kappa shape index (κ2) is 6.55. The Balaban J connectivity index is 3.12. The maximum atomic E-state index is 2.42. The Bertz CT molecular complexity index is 326. The number of hydrogen-bond donors (Lipinski definition) is 0. The molecule has 96 valence electrons. The average Bonchev–Trinajstić information content (AvgIpc) is 2.28. The Labute approximate surface area is 109 Å². The minimum Gasteiger partial charge on any atom is -0.115 e. The number of benzene rings is 1. The van der Waals surface area contributed by atoms with Crippen molar-refractivity contribution in [1.29, 1.82) is 0 Å². The molecule has 1 aromatic rings. The lowest BCUT2D eigenvalue weighted by Gasteiger charge is -2.18. The van der Waals surface area contributed by atoms with E-state index in [0.29, 0.717) is 11.8 Å². The molecule has 1 heteroatoms. The molecular formula is C16H27P. The third-order valence-electron chi connectivity index (χ3n) is 3.34. The first-order chi connectivity index (χ1) is 7.95. The van der Waals surface area contributed by atoms with E-state index >= 15 is 0 Å². The maximum absolute atomic E-state index is 2.42. The molecule has 0 nitrogen and oxygen atoms in total. The molecule has 0 aliphatic heterocycles. The second-order valence-corrected chi connectivity index (χ2v) is 7.50. The van der Waals surface area contributed by atoms with Gasteiger partial charge in [-0.3, -0.25) is 0 Å². The van der Waals surface area contributed by atoms with Crippen LogP contribution < -0.4 is 0 Å². The van der Waals surface area contributed by atoms with Gasteiger partial charge in [0.1, 0.15) is 0 Å². The van der Waals surface area contributed by atoms with Gasteiger partial charge in [0.25, 0.3) is 0 Å². The van der Waals surface area contributed by atoms with Gasteiger partial charge in [0.05, 0.1) is 0 Å². The van der Waals surface area contributed by atoms with Gasteiger partial charge in [-0.1, -0.05) is 59.7 Å². The van der Waals surface area contributed by atoms with Gasteiger partial charge in [0, 0.05) is 0 Å². The van der Waals surface area contributed by atoms with Crippen molar-refractivity contribution < 1.29 is 0 Å². The molecule has 1 rings (SSSR count). The molecule has 1 aromatic carbocycles. The summed E-state index contributed by atoms with van der Waals surface area (Å²) in [5.74, 6) is 1.26. The predicted molar refractivity (Wildman–Crippen MR) is 81.9 cm³/mol. The van der Waals surface area contributed by atoms with Crippen LogP contribution in [0.3, 0.4) is 0 Å². The molecule has 2 unspecified atom stereocenters. The van der Waals surface area contributed by atoms with Crippen molar-refractivity contribution in [1.82, 2.24) is 0 Å². The van der Waals surface area contributed by atoms with Crippen LogP contribution in [0.15, 0.2) is 18.2 Å². The zero-order valence-electron chi connectivity index (χ0n) is 12.2. The molecule has 0 radical (unpaired) electrons. The van der Waals surface area contributed by atoms with E-state index in [1.807, 2.05) is 0 Å². The van der Waals surface area contributed by atoms with Crippen molar-refractivity contribution in [3.05, 3.63) is 34.9 Å². The van der Waals surface area contributed by atoms with Crippen LogP contribution in [0.1, 0.15) is 75.7 Å². The van der Waals surface area contributed by atoms with E-state index in [9.17, 15) is 0 Å². The first-order valence-corrected chi connectivity index (χ1v) is 8.12. The summed E-state index contributed by atoms with van der Waals surface area (Å²) >= 11 is 0. The first-order valence-electron chi connectivity index (χ1n) is 6.83. The van der Waals surface area contributed by atoms with Crippen LogP contribution in [0.2, 0.25) is 0 Å². The monoisotopic (exact) mass is 250 g/mol. The van der Waals surface area contributed by atoms with Gasteiger partial charge >= 0.3 is 0 Å². The summed E-state index contributed by atoms with van der Waals surface area (Å²) < 4.78 is 0. The van der Waals surface area contributed by atoms with Crippen LogP contribution in [0.5, 0.6) is 0 Å². The van der Waals surface area contributed by atoms with Crippen LogP contribution >= 0.6 is 8.58 Å². The van der Waals surface area contributed by atoms with Gasteiger partial charge in [-0.25, -0.2) is 0 Å².